The molecule has 0 amide bonds. The lowest BCUT2D eigenvalue weighted by Crippen LogP contribution is -2.11. The number of fused-ring (bicyclic) bond motifs is 3. The van der Waals surface area contributed by atoms with Crippen LogP contribution in [0.4, 0.5) is 0 Å². The van der Waals surface area contributed by atoms with Crippen LogP contribution in [-0.4, -0.2) is 30.6 Å². The summed E-state index contributed by atoms with van der Waals surface area (Å²) in [6.07, 6.45) is 0. The monoisotopic (exact) mass is 361 g/mol. The Morgan fingerprint density at radius 1 is 1.24 bits per heavy atom. The molecule has 2 aromatic heterocycles. The highest BCUT2D eigenvalue weighted by molar-refractivity contribution is 6.36. The van der Waals surface area contributed by atoms with Gasteiger partial charge in [0.25, 0.3) is 0 Å². The van der Waals surface area contributed by atoms with Crippen molar-refractivity contribution in [3.63, 3.8) is 0 Å². The summed E-state index contributed by atoms with van der Waals surface area (Å²) in [6.45, 7) is 1.79. The zero-order valence-corrected chi connectivity index (χ0v) is 14.0. The maximum atomic E-state index is 12.5. The van der Waals surface area contributed by atoms with Gasteiger partial charge in [-0.15, -0.1) is 0 Å². The maximum absolute atomic E-state index is 12.5. The molecule has 0 atom stereocenters. The lowest BCUT2D eigenvalue weighted by molar-refractivity contribution is 0.0490. The second kappa shape index (κ2) is 6.52. The van der Waals surface area contributed by atoms with Crippen LogP contribution >= 0.6 is 11.6 Å². The Hall–Kier alpha value is -2.93. The van der Waals surface area contributed by atoms with Gasteiger partial charge in [0, 0.05) is 11.5 Å². The largest absolute Gasteiger partial charge is 0.464 e. The molecule has 0 saturated carbocycles. The fourth-order valence-electron chi connectivity index (χ4n) is 2.41. The molecule has 0 spiro atoms. The fourth-order valence-corrected chi connectivity index (χ4v) is 2.66. The molecule has 128 valence electrons. The van der Waals surface area contributed by atoms with Gasteiger partial charge in [0.05, 0.1) is 29.6 Å². The number of carbonyl (C=O) groups is 2. The van der Waals surface area contributed by atoms with Crippen LogP contribution in [0.1, 0.15) is 28.0 Å². The molecule has 0 aliphatic carbocycles. The van der Waals surface area contributed by atoms with E-state index in [1.807, 2.05) is 0 Å². The van der Waals surface area contributed by atoms with Crippen molar-refractivity contribution in [2.24, 2.45) is 0 Å². The molecule has 3 aromatic rings. The molecule has 8 heteroatoms. The van der Waals surface area contributed by atoms with Crippen molar-refractivity contribution in [3.8, 4) is 0 Å². The maximum Gasteiger partial charge on any atom is 0.374 e. The average molecular weight is 362 g/mol. The molecule has 0 N–H and O–H groups in total. The Labute approximate surface area is 146 Å². The third-order valence-corrected chi connectivity index (χ3v) is 3.81. The van der Waals surface area contributed by atoms with Crippen molar-refractivity contribution < 1.29 is 23.5 Å². The van der Waals surface area contributed by atoms with Gasteiger partial charge in [-0.25, -0.2) is 14.6 Å². The highest BCUT2D eigenvalue weighted by Crippen LogP contribution is 2.28. The highest BCUT2D eigenvalue weighted by Gasteiger charge is 2.18. The van der Waals surface area contributed by atoms with E-state index in [2.05, 4.69) is 9.72 Å². The predicted molar refractivity (Wildman–Crippen MR) is 90.1 cm³/mol. The van der Waals surface area contributed by atoms with Gasteiger partial charge in [0.2, 0.25) is 5.76 Å². The van der Waals surface area contributed by atoms with Crippen LogP contribution in [0.2, 0.25) is 5.02 Å². The van der Waals surface area contributed by atoms with Crippen molar-refractivity contribution in [2.75, 3.05) is 13.7 Å². The molecule has 1 aromatic carbocycles. The Balaban J connectivity index is 2.34. The molecular weight excluding hydrogens is 350 g/mol. The zero-order valence-electron chi connectivity index (χ0n) is 13.3. The third-order valence-electron chi connectivity index (χ3n) is 3.49. The Kier molecular flexibility index (Phi) is 4.41. The van der Waals surface area contributed by atoms with E-state index in [1.54, 1.807) is 13.0 Å². The molecule has 0 aliphatic heterocycles. The molecule has 25 heavy (non-hydrogen) atoms. The van der Waals surface area contributed by atoms with Gasteiger partial charge in [0.1, 0.15) is 5.58 Å². The smallest absolute Gasteiger partial charge is 0.374 e. The van der Waals surface area contributed by atoms with Crippen LogP contribution in [0.15, 0.2) is 33.5 Å². The summed E-state index contributed by atoms with van der Waals surface area (Å²) in [6, 6.07) is 5.48. The van der Waals surface area contributed by atoms with E-state index in [4.69, 9.17) is 20.8 Å². The molecule has 0 saturated heterocycles. The Bertz CT molecular complexity index is 1070. The number of methoxy groups -OCH3 is 1. The first-order valence-electron chi connectivity index (χ1n) is 7.28. The second-order valence-corrected chi connectivity index (χ2v) is 5.42. The van der Waals surface area contributed by atoms with Crippen LogP contribution < -0.4 is 5.43 Å². The second-order valence-electron chi connectivity index (χ2n) is 5.01. The summed E-state index contributed by atoms with van der Waals surface area (Å²) in [7, 11) is 1.21. The van der Waals surface area contributed by atoms with Crippen molar-refractivity contribution in [1.82, 2.24) is 4.98 Å². The van der Waals surface area contributed by atoms with Crippen molar-refractivity contribution >= 4 is 45.4 Å². The standard InChI is InChI=1S/C17H12ClNO6/c1-3-24-17(22)13-7-11(20)14-12(25-13)5-4-8-9(18)6-10(16(21)23-2)19-15(8)14/h4-7H,3H2,1-2H3. The van der Waals surface area contributed by atoms with Crippen LogP contribution in [0, 0.1) is 0 Å². The van der Waals surface area contributed by atoms with Crippen LogP contribution in [0.5, 0.6) is 0 Å². The van der Waals surface area contributed by atoms with Crippen molar-refractivity contribution in [2.45, 2.75) is 6.92 Å². The summed E-state index contributed by atoms with van der Waals surface area (Å²) < 4.78 is 14.9. The molecule has 0 radical (unpaired) electrons. The van der Waals surface area contributed by atoms with E-state index in [0.717, 1.165) is 6.07 Å². The number of rotatable bonds is 3. The van der Waals surface area contributed by atoms with Crippen LogP contribution in [0.25, 0.3) is 21.9 Å². The third kappa shape index (κ3) is 2.94. The van der Waals surface area contributed by atoms with Gasteiger partial charge in [0.15, 0.2) is 11.1 Å². The number of aromatic nitrogens is 1. The van der Waals surface area contributed by atoms with Gasteiger partial charge < -0.3 is 13.9 Å². The van der Waals surface area contributed by atoms with Crippen molar-refractivity contribution in [1.29, 1.82) is 0 Å². The topological polar surface area (TPSA) is 95.7 Å². The molecule has 0 aliphatic rings. The SMILES string of the molecule is CCOC(=O)c1cc(=O)c2c(ccc3c(Cl)cc(C(=O)OC)nc32)o1. The summed E-state index contributed by atoms with van der Waals surface area (Å²) in [5.74, 6) is -1.64. The average Bonchev–Trinajstić information content (AvgIpc) is 2.60. The van der Waals surface area contributed by atoms with E-state index < -0.39 is 17.4 Å². The molecule has 2 heterocycles. The molecule has 0 unspecified atom stereocenters. The van der Waals surface area contributed by atoms with E-state index in [-0.39, 0.29) is 39.6 Å². The van der Waals surface area contributed by atoms with E-state index >= 15 is 0 Å². The minimum atomic E-state index is -0.740. The summed E-state index contributed by atoms with van der Waals surface area (Å²) in [4.78, 5) is 40.2. The number of ether oxygens (including phenoxy) is 2. The first kappa shape index (κ1) is 16.9. The number of benzene rings is 1. The lowest BCUT2D eigenvalue weighted by atomic mass is 10.1. The number of nitrogens with zero attached hydrogens (tertiary/aromatic N) is 1. The number of hydrogen-bond acceptors (Lipinski definition) is 7. The van der Waals surface area contributed by atoms with Gasteiger partial charge in [-0.05, 0) is 25.1 Å². The normalized spacial score (nSPS) is 10.8. The highest BCUT2D eigenvalue weighted by atomic mass is 35.5. The van der Waals surface area contributed by atoms with Gasteiger partial charge >= 0.3 is 11.9 Å². The van der Waals surface area contributed by atoms with Gasteiger partial charge in [-0.1, -0.05) is 11.6 Å². The minimum Gasteiger partial charge on any atom is -0.464 e. The fraction of sp³-hybridized carbons (Fsp3) is 0.176. The van der Waals surface area contributed by atoms with E-state index in [0.29, 0.717) is 5.39 Å². The summed E-state index contributed by atoms with van der Waals surface area (Å²) in [5, 5.41) is 0.817. The first-order valence-corrected chi connectivity index (χ1v) is 7.66. The summed E-state index contributed by atoms with van der Waals surface area (Å²) >= 11 is 6.18. The van der Waals surface area contributed by atoms with Gasteiger partial charge in [-0.2, -0.15) is 0 Å². The number of pyridine rings is 1. The Morgan fingerprint density at radius 2 is 2.00 bits per heavy atom. The quantitative estimate of drug-likeness (QED) is 0.522. The lowest BCUT2D eigenvalue weighted by Gasteiger charge is -2.07. The van der Waals surface area contributed by atoms with E-state index in [9.17, 15) is 14.4 Å². The number of esters is 2. The first-order chi connectivity index (χ1) is 12.0. The van der Waals surface area contributed by atoms with Crippen molar-refractivity contribution in [3.05, 3.63) is 51.0 Å². The van der Waals surface area contributed by atoms with Crippen LogP contribution in [0.3, 0.4) is 0 Å². The van der Waals surface area contributed by atoms with Gasteiger partial charge in [-0.3, -0.25) is 4.79 Å². The summed E-state index contributed by atoms with van der Waals surface area (Å²) in [5.41, 5.74) is -0.218. The van der Waals surface area contributed by atoms with E-state index in [1.165, 1.54) is 19.2 Å². The molecule has 7 nitrogen and oxygen atoms in total. The number of hydrogen-bond donors (Lipinski definition) is 0. The molecule has 0 bridgehead atoms. The molecular formula is C17H12ClNO6. The zero-order chi connectivity index (χ0) is 18.1. The van der Waals surface area contributed by atoms with Crippen LogP contribution in [-0.2, 0) is 9.47 Å². The number of carbonyl (C=O) groups excluding carboxylic acids is 2. The minimum absolute atomic E-state index is 0.0404. The number of halogens is 1. The molecule has 0 fully saturated rings. The molecule has 3 rings (SSSR count). The predicted octanol–water partition coefficient (Wildman–Crippen LogP) is 2.96. The Morgan fingerprint density at radius 3 is 2.68 bits per heavy atom.